The minimum absolute atomic E-state index is 0.0318. The Hall–Kier alpha value is -3.81. The molecule has 1 saturated heterocycles. The van der Waals surface area contributed by atoms with Crippen LogP contribution in [0.1, 0.15) is 36.5 Å². The number of nitrogen functional groups attached to an aromatic ring is 1. The monoisotopic (exact) mass is 560 g/mol. The number of carbonyl (C=O) groups excluding carboxylic acids is 2. The summed E-state index contributed by atoms with van der Waals surface area (Å²) in [4.78, 5) is 37.0. The Morgan fingerprint density at radius 1 is 1.10 bits per heavy atom. The first kappa shape index (κ1) is 31.4. The lowest BCUT2D eigenvalue weighted by Crippen LogP contribution is -2.55. The van der Waals surface area contributed by atoms with Crippen LogP contribution in [0.3, 0.4) is 0 Å². The Labute approximate surface area is 228 Å². The zero-order valence-electron chi connectivity index (χ0n) is 22.3. The number of amides is 2. The quantitative estimate of drug-likeness (QED) is 0.209. The molecule has 1 aliphatic heterocycles. The highest BCUT2D eigenvalue weighted by atomic mass is 32.2. The van der Waals surface area contributed by atoms with Gasteiger partial charge >= 0.3 is 0 Å². The molecule has 212 valence electrons. The van der Waals surface area contributed by atoms with Crippen LogP contribution in [0.5, 0.6) is 0 Å². The lowest BCUT2D eigenvalue weighted by molar-refractivity contribution is -0.139. The number of benzene rings is 2. The number of likely N-dealkylation sites (tertiary alicyclic amines) is 1. The van der Waals surface area contributed by atoms with E-state index in [0.29, 0.717) is 24.9 Å². The standard InChI is InChI=1S/C24H32N6O4S.C2H4O2/c1-29(2)35(33,34)28-20(15-17-7-4-3-5-8-17)24(32)30-14-6-9-21(30)23(31)27-16-18-10-12-19(13-11-18)22(25)26;1-2(3)4/h3-5,7-8,10-13,20-21,28H,6,9,14-16H2,1-2H3,(H3,25,26)(H,27,31);1H3,(H,3,4)/t20-,21+;/m1./s1. The summed E-state index contributed by atoms with van der Waals surface area (Å²) in [5, 5.41) is 17.7. The van der Waals surface area contributed by atoms with Crippen LogP contribution < -0.4 is 15.8 Å². The first-order chi connectivity index (χ1) is 18.3. The van der Waals surface area contributed by atoms with Crippen molar-refractivity contribution in [1.29, 1.82) is 5.41 Å². The number of aliphatic carboxylic acids is 1. The van der Waals surface area contributed by atoms with Gasteiger partial charge in [0.1, 0.15) is 17.9 Å². The van der Waals surface area contributed by atoms with E-state index >= 15 is 0 Å². The van der Waals surface area contributed by atoms with Gasteiger partial charge in [0.25, 0.3) is 16.2 Å². The number of nitrogens with two attached hydrogens (primary N) is 1. The van der Waals surface area contributed by atoms with Gasteiger partial charge in [-0.25, -0.2) is 0 Å². The van der Waals surface area contributed by atoms with E-state index in [-0.39, 0.29) is 24.7 Å². The van der Waals surface area contributed by atoms with Gasteiger partial charge in [-0.3, -0.25) is 19.8 Å². The van der Waals surface area contributed by atoms with Gasteiger partial charge in [-0.1, -0.05) is 54.6 Å². The van der Waals surface area contributed by atoms with Gasteiger partial charge in [-0.05, 0) is 30.4 Å². The summed E-state index contributed by atoms with van der Waals surface area (Å²) < 4.78 is 28.6. The SMILES string of the molecule is CC(=O)O.CN(C)S(=O)(=O)N[C@H](Cc1ccccc1)C(=O)N1CCC[C@H]1C(=O)NCc1ccc(C(=N)N)cc1. The maximum absolute atomic E-state index is 13.5. The second-order valence-electron chi connectivity index (χ2n) is 9.18. The molecule has 2 atom stereocenters. The van der Waals surface area contributed by atoms with Gasteiger partial charge in [-0.15, -0.1) is 0 Å². The molecule has 12 nitrogen and oxygen atoms in total. The predicted molar refractivity (Wildman–Crippen MR) is 147 cm³/mol. The van der Waals surface area contributed by atoms with Crippen molar-refractivity contribution in [2.24, 2.45) is 5.73 Å². The van der Waals surface area contributed by atoms with E-state index < -0.39 is 34.2 Å². The molecule has 0 spiro atoms. The molecule has 13 heteroatoms. The molecule has 0 bridgehead atoms. The molecule has 0 unspecified atom stereocenters. The topological polar surface area (TPSA) is 186 Å². The van der Waals surface area contributed by atoms with Crippen molar-refractivity contribution in [2.45, 2.75) is 44.8 Å². The number of hydrogen-bond donors (Lipinski definition) is 5. The van der Waals surface area contributed by atoms with Crippen LogP contribution in [0.4, 0.5) is 0 Å². The van der Waals surface area contributed by atoms with Crippen molar-refractivity contribution in [3.63, 3.8) is 0 Å². The molecule has 39 heavy (non-hydrogen) atoms. The van der Waals surface area contributed by atoms with Crippen LogP contribution in [0.25, 0.3) is 0 Å². The first-order valence-electron chi connectivity index (χ1n) is 12.3. The zero-order valence-corrected chi connectivity index (χ0v) is 23.1. The highest BCUT2D eigenvalue weighted by molar-refractivity contribution is 7.87. The van der Waals surface area contributed by atoms with Gasteiger partial charge in [0.2, 0.25) is 11.8 Å². The molecule has 1 fully saturated rings. The van der Waals surface area contributed by atoms with Gasteiger partial charge < -0.3 is 21.1 Å². The summed E-state index contributed by atoms with van der Waals surface area (Å²) in [5.41, 5.74) is 7.71. The number of carboxylic acid groups (broad SMARTS) is 1. The number of amidine groups is 1. The molecule has 2 aromatic rings. The van der Waals surface area contributed by atoms with E-state index in [0.717, 1.165) is 22.4 Å². The molecule has 0 aromatic heterocycles. The van der Waals surface area contributed by atoms with Crippen LogP contribution in [0, 0.1) is 5.41 Å². The Morgan fingerprint density at radius 2 is 1.69 bits per heavy atom. The van der Waals surface area contributed by atoms with E-state index in [4.69, 9.17) is 21.0 Å². The second kappa shape index (κ2) is 14.4. The minimum atomic E-state index is -3.87. The van der Waals surface area contributed by atoms with E-state index in [1.54, 1.807) is 24.3 Å². The molecule has 1 aliphatic rings. The normalized spacial score (nSPS) is 15.7. The highest BCUT2D eigenvalue weighted by Crippen LogP contribution is 2.20. The summed E-state index contributed by atoms with van der Waals surface area (Å²) in [7, 11) is -1.09. The fraction of sp³-hybridized carbons (Fsp3) is 0.385. The number of hydrogen-bond acceptors (Lipinski definition) is 6. The van der Waals surface area contributed by atoms with Crippen molar-refractivity contribution in [1.82, 2.24) is 19.2 Å². The van der Waals surface area contributed by atoms with Crippen molar-refractivity contribution in [3.8, 4) is 0 Å². The molecule has 3 rings (SSSR count). The largest absolute Gasteiger partial charge is 0.481 e. The third-order valence-electron chi connectivity index (χ3n) is 5.92. The molecular weight excluding hydrogens is 524 g/mol. The van der Waals surface area contributed by atoms with Crippen LogP contribution in [0.2, 0.25) is 0 Å². The van der Waals surface area contributed by atoms with E-state index in [2.05, 4.69) is 10.0 Å². The summed E-state index contributed by atoms with van der Waals surface area (Å²) in [6.45, 7) is 1.72. The van der Waals surface area contributed by atoms with Crippen LogP contribution in [0.15, 0.2) is 54.6 Å². The lowest BCUT2D eigenvalue weighted by atomic mass is 10.0. The summed E-state index contributed by atoms with van der Waals surface area (Å²) in [6, 6.07) is 14.4. The Morgan fingerprint density at radius 3 is 2.23 bits per heavy atom. The zero-order chi connectivity index (χ0) is 29.2. The van der Waals surface area contributed by atoms with E-state index in [1.807, 2.05) is 30.3 Å². The van der Waals surface area contributed by atoms with Gasteiger partial charge in [-0.2, -0.15) is 17.4 Å². The number of rotatable bonds is 10. The van der Waals surface area contributed by atoms with E-state index in [9.17, 15) is 18.0 Å². The number of carbonyl (C=O) groups is 3. The van der Waals surface area contributed by atoms with Crippen LogP contribution in [-0.2, 0) is 37.6 Å². The lowest BCUT2D eigenvalue weighted by Gasteiger charge is -2.29. The Balaban J connectivity index is 0.00000124. The second-order valence-corrected chi connectivity index (χ2v) is 11.1. The summed E-state index contributed by atoms with van der Waals surface area (Å²) in [6.07, 6.45) is 1.31. The third kappa shape index (κ3) is 9.78. The van der Waals surface area contributed by atoms with Crippen molar-refractivity contribution >= 4 is 33.8 Å². The maximum Gasteiger partial charge on any atom is 0.300 e. The molecule has 0 saturated carbocycles. The average Bonchev–Trinajstić information content (AvgIpc) is 3.37. The minimum Gasteiger partial charge on any atom is -0.481 e. The van der Waals surface area contributed by atoms with Gasteiger partial charge in [0.05, 0.1) is 0 Å². The van der Waals surface area contributed by atoms with Crippen LogP contribution >= 0.6 is 0 Å². The number of nitrogens with zero attached hydrogens (tertiary/aromatic N) is 2. The molecule has 0 aliphatic carbocycles. The molecule has 0 radical (unpaired) electrons. The number of nitrogens with one attached hydrogen (secondary N) is 3. The maximum atomic E-state index is 13.5. The first-order valence-corrected chi connectivity index (χ1v) is 13.7. The van der Waals surface area contributed by atoms with Crippen LogP contribution in [-0.4, -0.2) is 79.1 Å². The Bertz CT molecular complexity index is 1250. The molecule has 2 aromatic carbocycles. The summed E-state index contributed by atoms with van der Waals surface area (Å²) in [5.74, 6) is -1.58. The Kier molecular flexibility index (Phi) is 11.6. The van der Waals surface area contributed by atoms with E-state index in [1.165, 1.54) is 19.0 Å². The van der Waals surface area contributed by atoms with Gasteiger partial charge in [0, 0.05) is 39.7 Å². The molecule has 6 N–H and O–H groups in total. The summed E-state index contributed by atoms with van der Waals surface area (Å²) >= 11 is 0. The van der Waals surface area contributed by atoms with Gasteiger partial charge in [0.15, 0.2) is 0 Å². The molecule has 2 amide bonds. The van der Waals surface area contributed by atoms with Crippen molar-refractivity contribution in [3.05, 3.63) is 71.3 Å². The average molecular weight is 561 g/mol. The number of carboxylic acids is 1. The van der Waals surface area contributed by atoms with Crippen molar-refractivity contribution < 1.29 is 27.9 Å². The molecule has 1 heterocycles. The smallest absolute Gasteiger partial charge is 0.300 e. The highest BCUT2D eigenvalue weighted by Gasteiger charge is 2.38. The fourth-order valence-electron chi connectivity index (χ4n) is 3.93. The fourth-order valence-corrected chi connectivity index (χ4v) is 4.68. The van der Waals surface area contributed by atoms with Crippen molar-refractivity contribution in [2.75, 3.05) is 20.6 Å². The third-order valence-corrected chi connectivity index (χ3v) is 7.47. The predicted octanol–water partition coefficient (Wildman–Crippen LogP) is 0.676. The molecular formula is C26H36N6O6S.